The molecular formula is C15H13N. The largest absolute Gasteiger partial charge is 0.398 e. The minimum atomic E-state index is 0.859. The van der Waals surface area contributed by atoms with Crippen LogP contribution in [-0.4, -0.2) is 0 Å². The van der Waals surface area contributed by atoms with Gasteiger partial charge in [-0.1, -0.05) is 42.5 Å². The average Bonchev–Trinajstić information content (AvgIpc) is 2.31. The number of aryl methyl sites for hydroxylation is 1. The zero-order valence-corrected chi connectivity index (χ0v) is 9.20. The average molecular weight is 207 g/mol. The van der Waals surface area contributed by atoms with Crippen LogP contribution in [0.25, 0.3) is 21.5 Å². The van der Waals surface area contributed by atoms with Crippen LogP contribution >= 0.6 is 0 Å². The minimum Gasteiger partial charge on any atom is -0.398 e. The van der Waals surface area contributed by atoms with Gasteiger partial charge in [-0.2, -0.15) is 0 Å². The Kier molecular flexibility index (Phi) is 1.87. The van der Waals surface area contributed by atoms with Crippen molar-refractivity contribution in [3.8, 4) is 0 Å². The van der Waals surface area contributed by atoms with E-state index in [2.05, 4.69) is 49.4 Å². The van der Waals surface area contributed by atoms with Crippen LogP contribution in [0.4, 0.5) is 5.69 Å². The molecular weight excluding hydrogens is 194 g/mol. The molecule has 0 saturated carbocycles. The van der Waals surface area contributed by atoms with Crippen LogP contribution in [0, 0.1) is 6.92 Å². The van der Waals surface area contributed by atoms with Crippen molar-refractivity contribution in [1.82, 2.24) is 0 Å². The van der Waals surface area contributed by atoms with E-state index < -0.39 is 0 Å². The third-order valence-corrected chi connectivity index (χ3v) is 3.15. The fraction of sp³-hybridized carbons (Fsp3) is 0.0667. The zero-order valence-electron chi connectivity index (χ0n) is 9.20. The van der Waals surface area contributed by atoms with E-state index in [-0.39, 0.29) is 0 Å². The number of hydrogen-bond donors (Lipinski definition) is 1. The molecule has 16 heavy (non-hydrogen) atoms. The Morgan fingerprint density at radius 2 is 1.38 bits per heavy atom. The highest BCUT2D eigenvalue weighted by Gasteiger charge is 2.04. The Hall–Kier alpha value is -2.02. The van der Waals surface area contributed by atoms with Crippen LogP contribution in [0.3, 0.4) is 0 Å². The lowest BCUT2D eigenvalue weighted by Crippen LogP contribution is -1.89. The monoisotopic (exact) mass is 207 g/mol. The number of fused-ring (bicyclic) bond motifs is 3. The molecule has 78 valence electrons. The van der Waals surface area contributed by atoms with E-state index in [1.165, 1.54) is 21.7 Å². The summed E-state index contributed by atoms with van der Waals surface area (Å²) >= 11 is 0. The van der Waals surface area contributed by atoms with E-state index in [4.69, 9.17) is 5.73 Å². The molecule has 0 radical (unpaired) electrons. The van der Waals surface area contributed by atoms with Gasteiger partial charge >= 0.3 is 0 Å². The zero-order chi connectivity index (χ0) is 11.1. The molecule has 2 N–H and O–H groups in total. The van der Waals surface area contributed by atoms with Crippen molar-refractivity contribution in [2.24, 2.45) is 0 Å². The standard InChI is InChI=1S/C15H13N/c1-10-5-4-8-12-11-6-2-3-7-13(11)15(16)9-14(10)12/h2-9H,16H2,1H3. The summed E-state index contributed by atoms with van der Waals surface area (Å²) in [6, 6.07) is 16.7. The van der Waals surface area contributed by atoms with Crippen LogP contribution in [0.5, 0.6) is 0 Å². The first-order valence-electron chi connectivity index (χ1n) is 5.44. The van der Waals surface area contributed by atoms with Gasteiger partial charge in [0, 0.05) is 11.1 Å². The third-order valence-electron chi connectivity index (χ3n) is 3.15. The molecule has 3 rings (SSSR count). The van der Waals surface area contributed by atoms with Crippen LogP contribution in [0.1, 0.15) is 5.56 Å². The SMILES string of the molecule is Cc1cccc2c1cc(N)c1ccccc12. The minimum absolute atomic E-state index is 0.859. The van der Waals surface area contributed by atoms with Crippen molar-refractivity contribution >= 4 is 27.2 Å². The van der Waals surface area contributed by atoms with E-state index in [9.17, 15) is 0 Å². The van der Waals surface area contributed by atoms with E-state index in [0.29, 0.717) is 0 Å². The van der Waals surface area contributed by atoms with Crippen molar-refractivity contribution in [1.29, 1.82) is 0 Å². The molecule has 0 unspecified atom stereocenters. The summed E-state index contributed by atoms with van der Waals surface area (Å²) in [5.74, 6) is 0. The van der Waals surface area contributed by atoms with Crippen LogP contribution in [-0.2, 0) is 0 Å². The number of hydrogen-bond acceptors (Lipinski definition) is 1. The van der Waals surface area contributed by atoms with Crippen molar-refractivity contribution in [3.63, 3.8) is 0 Å². The molecule has 1 heteroatoms. The third kappa shape index (κ3) is 1.18. The number of anilines is 1. The summed E-state index contributed by atoms with van der Waals surface area (Å²) in [4.78, 5) is 0. The number of nitrogen functional groups attached to an aromatic ring is 1. The highest BCUT2D eigenvalue weighted by Crippen LogP contribution is 2.31. The van der Waals surface area contributed by atoms with Gasteiger partial charge < -0.3 is 5.73 Å². The predicted molar refractivity (Wildman–Crippen MR) is 70.6 cm³/mol. The quantitative estimate of drug-likeness (QED) is 0.439. The van der Waals surface area contributed by atoms with Gasteiger partial charge in [0.25, 0.3) is 0 Å². The van der Waals surface area contributed by atoms with Crippen LogP contribution < -0.4 is 5.73 Å². The Morgan fingerprint density at radius 3 is 2.19 bits per heavy atom. The van der Waals surface area contributed by atoms with Gasteiger partial charge in [0.1, 0.15) is 0 Å². The molecule has 0 aliphatic carbocycles. The van der Waals surface area contributed by atoms with Gasteiger partial charge in [0.2, 0.25) is 0 Å². The first-order valence-corrected chi connectivity index (χ1v) is 5.44. The predicted octanol–water partition coefficient (Wildman–Crippen LogP) is 3.88. The maximum atomic E-state index is 6.09. The second-order valence-electron chi connectivity index (χ2n) is 4.18. The fourth-order valence-electron chi connectivity index (χ4n) is 2.31. The van der Waals surface area contributed by atoms with Gasteiger partial charge in [-0.25, -0.2) is 0 Å². The van der Waals surface area contributed by atoms with Gasteiger partial charge in [0.15, 0.2) is 0 Å². The molecule has 0 spiro atoms. The summed E-state index contributed by atoms with van der Waals surface area (Å²) in [5, 5.41) is 4.91. The summed E-state index contributed by atoms with van der Waals surface area (Å²) in [7, 11) is 0. The summed E-state index contributed by atoms with van der Waals surface area (Å²) in [6.07, 6.45) is 0. The van der Waals surface area contributed by atoms with Crippen molar-refractivity contribution in [3.05, 3.63) is 54.1 Å². The Morgan fingerprint density at radius 1 is 0.750 bits per heavy atom. The maximum absolute atomic E-state index is 6.09. The topological polar surface area (TPSA) is 26.0 Å². The van der Waals surface area contributed by atoms with E-state index in [0.717, 1.165) is 11.1 Å². The molecule has 1 nitrogen and oxygen atoms in total. The van der Waals surface area contributed by atoms with E-state index in [1.54, 1.807) is 0 Å². The molecule has 3 aromatic carbocycles. The number of nitrogens with two attached hydrogens (primary N) is 1. The van der Waals surface area contributed by atoms with Crippen molar-refractivity contribution in [2.75, 3.05) is 5.73 Å². The van der Waals surface area contributed by atoms with Crippen molar-refractivity contribution in [2.45, 2.75) is 6.92 Å². The Balaban J connectivity index is 2.64. The van der Waals surface area contributed by atoms with Crippen molar-refractivity contribution < 1.29 is 0 Å². The molecule has 3 aromatic rings. The number of benzene rings is 3. The fourth-order valence-corrected chi connectivity index (χ4v) is 2.31. The molecule has 0 aromatic heterocycles. The molecule has 0 saturated heterocycles. The Labute approximate surface area is 94.5 Å². The summed E-state index contributed by atoms with van der Waals surface area (Å²) in [6.45, 7) is 2.12. The van der Waals surface area contributed by atoms with Gasteiger partial charge in [-0.15, -0.1) is 0 Å². The second kappa shape index (κ2) is 3.24. The Bertz CT molecular complexity index is 678. The summed E-state index contributed by atoms with van der Waals surface area (Å²) < 4.78 is 0. The number of rotatable bonds is 0. The van der Waals surface area contributed by atoms with Gasteiger partial charge in [0.05, 0.1) is 0 Å². The molecule has 0 aliphatic heterocycles. The lowest BCUT2D eigenvalue weighted by molar-refractivity contribution is 1.54. The van der Waals surface area contributed by atoms with Gasteiger partial charge in [-0.3, -0.25) is 0 Å². The first-order chi connectivity index (χ1) is 7.77. The van der Waals surface area contributed by atoms with Crippen LogP contribution in [0.2, 0.25) is 0 Å². The van der Waals surface area contributed by atoms with E-state index in [1.807, 2.05) is 6.07 Å². The molecule has 0 bridgehead atoms. The molecule has 0 aliphatic rings. The summed E-state index contributed by atoms with van der Waals surface area (Å²) in [5.41, 5.74) is 8.22. The molecule has 0 fully saturated rings. The lowest BCUT2D eigenvalue weighted by atomic mass is 9.98. The van der Waals surface area contributed by atoms with Gasteiger partial charge in [-0.05, 0) is 34.7 Å². The van der Waals surface area contributed by atoms with E-state index >= 15 is 0 Å². The maximum Gasteiger partial charge on any atom is 0.0400 e. The highest BCUT2D eigenvalue weighted by molar-refractivity contribution is 6.13. The molecule has 0 amide bonds. The highest BCUT2D eigenvalue weighted by atomic mass is 14.5. The smallest absolute Gasteiger partial charge is 0.0400 e. The first kappa shape index (κ1) is 9.22. The van der Waals surface area contributed by atoms with Crippen LogP contribution in [0.15, 0.2) is 48.5 Å². The second-order valence-corrected chi connectivity index (χ2v) is 4.18. The molecule has 0 heterocycles. The molecule has 0 atom stereocenters. The normalized spacial score (nSPS) is 11.1. The lowest BCUT2D eigenvalue weighted by Gasteiger charge is -2.08.